The van der Waals surface area contributed by atoms with Crippen molar-refractivity contribution in [2.75, 3.05) is 0 Å². The lowest BCUT2D eigenvalue weighted by Gasteiger charge is -2.01. The minimum absolute atomic E-state index is 0.0957. The molecule has 0 aliphatic heterocycles. The van der Waals surface area contributed by atoms with E-state index in [4.69, 9.17) is 0 Å². The average Bonchev–Trinajstić information content (AvgIpc) is 2.76. The standard InChI is InChI=1S/C12H8F2OS/c13-9-3-4-10(14)8(6-9)7-11(15)12-2-1-5-16-12/h1-6H,7H2. The van der Waals surface area contributed by atoms with Gasteiger partial charge < -0.3 is 0 Å². The summed E-state index contributed by atoms with van der Waals surface area (Å²) < 4.78 is 26.1. The summed E-state index contributed by atoms with van der Waals surface area (Å²) in [5.74, 6) is -1.28. The molecule has 0 amide bonds. The fraction of sp³-hybridized carbons (Fsp3) is 0.0833. The molecular formula is C12H8F2OS. The van der Waals surface area contributed by atoms with Crippen molar-refractivity contribution in [1.29, 1.82) is 0 Å². The first-order valence-electron chi connectivity index (χ1n) is 4.67. The fourth-order valence-electron chi connectivity index (χ4n) is 1.38. The molecule has 0 fully saturated rings. The summed E-state index contributed by atoms with van der Waals surface area (Å²) >= 11 is 1.29. The average molecular weight is 238 g/mol. The maximum Gasteiger partial charge on any atom is 0.177 e. The van der Waals surface area contributed by atoms with Crippen LogP contribution in [-0.4, -0.2) is 5.78 Å². The van der Waals surface area contributed by atoms with Gasteiger partial charge in [0.25, 0.3) is 0 Å². The van der Waals surface area contributed by atoms with Gasteiger partial charge in [-0.1, -0.05) is 6.07 Å². The van der Waals surface area contributed by atoms with Gasteiger partial charge in [-0.3, -0.25) is 4.79 Å². The second-order valence-corrected chi connectivity index (χ2v) is 4.26. The Bertz CT molecular complexity index is 506. The van der Waals surface area contributed by atoms with Crippen LogP contribution in [0.4, 0.5) is 8.78 Å². The zero-order chi connectivity index (χ0) is 11.5. The molecule has 0 radical (unpaired) electrons. The highest BCUT2D eigenvalue weighted by molar-refractivity contribution is 7.12. The third kappa shape index (κ3) is 2.33. The lowest BCUT2D eigenvalue weighted by Crippen LogP contribution is -2.03. The van der Waals surface area contributed by atoms with Gasteiger partial charge in [-0.2, -0.15) is 0 Å². The second kappa shape index (κ2) is 4.53. The molecule has 0 saturated heterocycles. The molecule has 0 unspecified atom stereocenters. The molecule has 0 saturated carbocycles. The molecule has 0 N–H and O–H groups in total. The Morgan fingerprint density at radius 3 is 2.75 bits per heavy atom. The smallest absolute Gasteiger partial charge is 0.177 e. The molecule has 16 heavy (non-hydrogen) atoms. The Kier molecular flexibility index (Phi) is 3.10. The second-order valence-electron chi connectivity index (χ2n) is 3.31. The van der Waals surface area contributed by atoms with Gasteiger partial charge in [0.1, 0.15) is 11.6 Å². The lowest BCUT2D eigenvalue weighted by atomic mass is 10.1. The van der Waals surface area contributed by atoms with Crippen LogP contribution in [0.3, 0.4) is 0 Å². The van der Waals surface area contributed by atoms with Gasteiger partial charge in [0, 0.05) is 6.42 Å². The number of carbonyl (C=O) groups is 1. The van der Waals surface area contributed by atoms with Gasteiger partial charge in [-0.25, -0.2) is 8.78 Å². The normalized spacial score (nSPS) is 10.4. The summed E-state index contributed by atoms with van der Waals surface area (Å²) in [6.07, 6.45) is -0.107. The molecule has 0 aliphatic rings. The lowest BCUT2D eigenvalue weighted by molar-refractivity contribution is 0.0995. The highest BCUT2D eigenvalue weighted by atomic mass is 32.1. The van der Waals surface area contributed by atoms with Crippen LogP contribution in [0.5, 0.6) is 0 Å². The van der Waals surface area contributed by atoms with Crippen molar-refractivity contribution in [2.45, 2.75) is 6.42 Å². The predicted molar refractivity (Wildman–Crippen MR) is 58.7 cm³/mol. The topological polar surface area (TPSA) is 17.1 Å². The third-order valence-corrected chi connectivity index (χ3v) is 3.07. The number of carbonyl (C=O) groups excluding carboxylic acids is 1. The maximum absolute atomic E-state index is 13.3. The SMILES string of the molecule is O=C(Cc1cc(F)ccc1F)c1cccs1. The summed E-state index contributed by atoms with van der Waals surface area (Å²) in [5.41, 5.74) is 0.0957. The number of ketones is 1. The van der Waals surface area contributed by atoms with Crippen molar-refractivity contribution in [1.82, 2.24) is 0 Å². The third-order valence-electron chi connectivity index (χ3n) is 2.15. The van der Waals surface area contributed by atoms with Crippen LogP contribution in [-0.2, 0) is 6.42 Å². The molecule has 4 heteroatoms. The Morgan fingerprint density at radius 2 is 2.06 bits per heavy atom. The van der Waals surface area contributed by atoms with E-state index in [9.17, 15) is 13.6 Å². The number of Topliss-reactive ketones (excluding diaryl/α,β-unsaturated/α-hetero) is 1. The summed E-state index contributed by atoms with van der Waals surface area (Å²) in [6.45, 7) is 0. The number of benzene rings is 1. The zero-order valence-corrected chi connectivity index (χ0v) is 9.06. The Labute approximate surface area is 95.4 Å². The summed E-state index contributed by atoms with van der Waals surface area (Å²) in [5, 5.41) is 1.77. The first-order chi connectivity index (χ1) is 7.66. The first-order valence-corrected chi connectivity index (χ1v) is 5.55. The van der Waals surface area contributed by atoms with E-state index < -0.39 is 11.6 Å². The van der Waals surface area contributed by atoms with Crippen molar-refractivity contribution in [3.05, 3.63) is 57.8 Å². The molecule has 1 aromatic heterocycles. The van der Waals surface area contributed by atoms with Crippen molar-refractivity contribution in [2.24, 2.45) is 0 Å². The quantitative estimate of drug-likeness (QED) is 0.748. The first kappa shape index (κ1) is 11.0. The Hall–Kier alpha value is -1.55. The molecular weight excluding hydrogens is 230 g/mol. The van der Waals surface area contributed by atoms with Gasteiger partial charge in [0.2, 0.25) is 0 Å². The van der Waals surface area contributed by atoms with Gasteiger partial charge in [-0.05, 0) is 35.2 Å². The molecule has 1 nitrogen and oxygen atoms in total. The summed E-state index contributed by atoms with van der Waals surface area (Å²) in [7, 11) is 0. The van der Waals surface area contributed by atoms with E-state index in [0.29, 0.717) is 4.88 Å². The number of hydrogen-bond donors (Lipinski definition) is 0. The number of thiophene rings is 1. The van der Waals surface area contributed by atoms with Gasteiger partial charge >= 0.3 is 0 Å². The molecule has 0 spiro atoms. The predicted octanol–water partition coefficient (Wildman–Crippen LogP) is 3.45. The highest BCUT2D eigenvalue weighted by Crippen LogP contribution is 2.15. The number of halogens is 2. The Balaban J connectivity index is 2.21. The molecule has 0 aliphatic carbocycles. The molecule has 1 aromatic carbocycles. The minimum Gasteiger partial charge on any atom is -0.293 e. The van der Waals surface area contributed by atoms with E-state index >= 15 is 0 Å². The number of rotatable bonds is 3. The number of hydrogen-bond acceptors (Lipinski definition) is 2. The van der Waals surface area contributed by atoms with Crippen LogP contribution in [0.25, 0.3) is 0 Å². The van der Waals surface area contributed by atoms with Gasteiger partial charge in [0.05, 0.1) is 4.88 Å². The monoisotopic (exact) mass is 238 g/mol. The molecule has 2 rings (SSSR count). The molecule has 0 atom stereocenters. The van der Waals surface area contributed by atoms with Gasteiger partial charge in [0.15, 0.2) is 5.78 Å². The van der Waals surface area contributed by atoms with Crippen LogP contribution in [0.2, 0.25) is 0 Å². The van der Waals surface area contributed by atoms with E-state index in [-0.39, 0.29) is 17.8 Å². The molecule has 0 bridgehead atoms. The molecule has 82 valence electrons. The van der Waals surface area contributed by atoms with E-state index in [0.717, 1.165) is 18.2 Å². The molecule has 1 heterocycles. The van der Waals surface area contributed by atoms with Crippen molar-refractivity contribution in [3.63, 3.8) is 0 Å². The highest BCUT2D eigenvalue weighted by Gasteiger charge is 2.11. The Morgan fingerprint density at radius 1 is 1.25 bits per heavy atom. The van der Waals surface area contributed by atoms with E-state index in [2.05, 4.69) is 0 Å². The van der Waals surface area contributed by atoms with E-state index in [1.54, 1.807) is 17.5 Å². The van der Waals surface area contributed by atoms with Crippen molar-refractivity contribution < 1.29 is 13.6 Å². The van der Waals surface area contributed by atoms with Crippen LogP contribution in [0, 0.1) is 11.6 Å². The van der Waals surface area contributed by atoms with Crippen LogP contribution in [0.15, 0.2) is 35.7 Å². The minimum atomic E-state index is -0.550. The van der Waals surface area contributed by atoms with Crippen molar-refractivity contribution in [3.8, 4) is 0 Å². The van der Waals surface area contributed by atoms with Crippen LogP contribution in [0.1, 0.15) is 15.2 Å². The van der Waals surface area contributed by atoms with Gasteiger partial charge in [-0.15, -0.1) is 11.3 Å². The summed E-state index contributed by atoms with van der Waals surface area (Å²) in [6, 6.07) is 6.55. The van der Waals surface area contributed by atoms with E-state index in [1.807, 2.05) is 0 Å². The van der Waals surface area contributed by atoms with Crippen LogP contribution >= 0.6 is 11.3 Å². The largest absolute Gasteiger partial charge is 0.293 e. The summed E-state index contributed by atoms with van der Waals surface area (Å²) in [4.78, 5) is 12.2. The van der Waals surface area contributed by atoms with E-state index in [1.165, 1.54) is 11.3 Å². The fourth-order valence-corrected chi connectivity index (χ4v) is 2.04. The molecule has 2 aromatic rings. The van der Waals surface area contributed by atoms with Crippen LogP contribution < -0.4 is 0 Å². The van der Waals surface area contributed by atoms with Crippen molar-refractivity contribution >= 4 is 17.1 Å². The zero-order valence-electron chi connectivity index (χ0n) is 8.24. The maximum atomic E-state index is 13.3.